The Morgan fingerprint density at radius 1 is 0.700 bits per heavy atom. The zero-order chi connectivity index (χ0) is 8.50. The maximum Gasteiger partial charge on any atom is 0.0675 e. The van der Waals surface area contributed by atoms with Gasteiger partial charge >= 0.3 is 0 Å². The molecule has 0 atom stereocenters. The quantitative estimate of drug-likeness (QED) is 0.359. The molecule has 68 valence electrons. The van der Waals surface area contributed by atoms with Crippen LogP contribution in [-0.4, -0.2) is 57.1 Å². The first-order chi connectivity index (χ1) is 4.00. The first kappa shape index (κ1) is 22.6. The first-order valence-electron chi connectivity index (χ1n) is 2.68. The number of hydrogen-bond donors (Lipinski definition) is 2. The van der Waals surface area contributed by atoms with E-state index < -0.39 is 0 Å². The van der Waals surface area contributed by atoms with Crippen LogP contribution in [0.25, 0.3) is 0 Å². The molecule has 0 amide bonds. The topological polar surface area (TPSA) is 40.5 Å². The van der Waals surface area contributed by atoms with Crippen molar-refractivity contribution in [3.05, 3.63) is 0 Å². The molecule has 3 nitrogen and oxygen atoms in total. The van der Waals surface area contributed by atoms with Gasteiger partial charge in [0, 0.05) is 14.2 Å². The molecule has 0 saturated carbocycles. The molecule has 0 aromatic rings. The van der Waals surface area contributed by atoms with Gasteiger partial charge in [-0.1, -0.05) is 0 Å². The molecule has 0 aliphatic heterocycles. The first-order valence-corrected chi connectivity index (χ1v) is 2.68. The van der Waals surface area contributed by atoms with Gasteiger partial charge in [0.1, 0.15) is 0 Å². The fraction of sp³-hybridized carbons (Fsp3) is 1.00. The van der Waals surface area contributed by atoms with Crippen molar-refractivity contribution in [2.24, 2.45) is 0 Å². The number of nitrogens with zero attached hydrogens (tertiary/aromatic N) is 1. The Balaban J connectivity index is -0.0000000315. The zero-order valence-corrected chi connectivity index (χ0v) is 7.72. The Kier molecular flexibility index (Phi) is 35.9. The lowest BCUT2D eigenvalue weighted by atomic mass is 10.8. The number of aliphatic hydroxyl groups is 2. The Bertz CT molecular complexity index is 31.2. The van der Waals surface area contributed by atoms with Crippen LogP contribution in [0.3, 0.4) is 0 Å². The molecule has 0 aliphatic rings. The van der Waals surface area contributed by atoms with E-state index in [1.54, 1.807) is 0 Å². The van der Waals surface area contributed by atoms with Gasteiger partial charge in [-0.25, -0.2) is 0 Å². The highest BCUT2D eigenvalue weighted by atomic mass is 19.0. The fourth-order valence-electron chi connectivity index (χ4n) is 0. The Hall–Kier alpha value is -0.190. The number of aliphatic hydroxyl groups excluding tert-OH is 2. The van der Waals surface area contributed by atoms with Crippen molar-refractivity contribution >= 4 is 0 Å². The normalized spacial score (nSPS) is 7.20. The molecule has 0 unspecified atom stereocenters. The largest absolute Gasteiger partial charge is 1.00 e. The molecule has 0 heterocycles. The van der Waals surface area contributed by atoms with Gasteiger partial charge < -0.3 is 19.4 Å². The van der Waals surface area contributed by atoms with E-state index in [-0.39, 0.29) is 4.70 Å². The highest BCUT2D eigenvalue weighted by Crippen LogP contribution is 1.73. The monoisotopic (exact) mass is 157 g/mol. The van der Waals surface area contributed by atoms with E-state index in [2.05, 4.69) is 28.2 Å². The van der Waals surface area contributed by atoms with E-state index in [0.29, 0.717) is 0 Å². The summed E-state index contributed by atoms with van der Waals surface area (Å²) in [4.78, 5) is 0. The van der Waals surface area contributed by atoms with E-state index in [9.17, 15) is 0 Å². The lowest BCUT2D eigenvalue weighted by Crippen LogP contribution is -3.00. The predicted molar refractivity (Wildman–Crippen MR) is 40.2 cm³/mol. The Labute approximate surface area is 62.9 Å². The molecule has 0 fully saturated rings. The molecule has 0 saturated heterocycles. The Morgan fingerprint density at radius 2 is 0.700 bits per heavy atom. The van der Waals surface area contributed by atoms with Gasteiger partial charge in [-0.15, -0.1) is 0 Å². The summed E-state index contributed by atoms with van der Waals surface area (Å²) in [5, 5.41) is 14.0. The summed E-state index contributed by atoms with van der Waals surface area (Å²) in [5.41, 5.74) is 0. The average molecular weight is 157 g/mol. The maximum absolute atomic E-state index is 7.00. The van der Waals surface area contributed by atoms with Crippen LogP contribution in [-0.2, 0) is 0 Å². The second kappa shape index (κ2) is 15.9. The van der Waals surface area contributed by atoms with E-state index in [4.69, 9.17) is 10.2 Å². The number of quaternary nitrogens is 1. The van der Waals surface area contributed by atoms with E-state index in [1.807, 2.05) is 0 Å². The van der Waals surface area contributed by atoms with E-state index in [0.717, 1.165) is 18.7 Å². The van der Waals surface area contributed by atoms with E-state index >= 15 is 0 Å². The van der Waals surface area contributed by atoms with Crippen LogP contribution in [0.2, 0.25) is 0 Å². The van der Waals surface area contributed by atoms with Gasteiger partial charge in [-0.2, -0.15) is 0 Å². The highest BCUT2D eigenvalue weighted by molar-refractivity contribution is 3.87. The molecule has 2 N–H and O–H groups in total. The standard InChI is InChI=1S/C4H12N.2CH4O.FH/c1-5(2,3)4;2*1-2;/h1-4H3;2*2H,1H3;1H/q+1;;;/p-1. The van der Waals surface area contributed by atoms with Crippen LogP contribution < -0.4 is 4.70 Å². The molecule has 10 heavy (non-hydrogen) atoms. The van der Waals surface area contributed by atoms with Crippen molar-refractivity contribution in [1.29, 1.82) is 0 Å². The third-order valence-corrected chi connectivity index (χ3v) is 0. The molecular weight excluding hydrogens is 137 g/mol. The van der Waals surface area contributed by atoms with Gasteiger partial charge in [0.25, 0.3) is 0 Å². The minimum absolute atomic E-state index is 0. The molecule has 0 bridgehead atoms. The smallest absolute Gasteiger partial charge is 0.0675 e. The van der Waals surface area contributed by atoms with Crippen molar-refractivity contribution in [1.82, 2.24) is 0 Å². The van der Waals surface area contributed by atoms with Crippen LogP contribution in [0, 0.1) is 0 Å². The van der Waals surface area contributed by atoms with Crippen LogP contribution >= 0.6 is 0 Å². The predicted octanol–water partition coefficient (Wildman–Crippen LogP) is -3.46. The summed E-state index contributed by atoms with van der Waals surface area (Å²) >= 11 is 0. The molecule has 0 spiro atoms. The molecule has 0 aromatic carbocycles. The average Bonchev–Trinajstić information content (AvgIpc) is 1.72. The molecule has 0 radical (unpaired) electrons. The van der Waals surface area contributed by atoms with Crippen molar-refractivity contribution in [3.8, 4) is 0 Å². The number of rotatable bonds is 0. The lowest BCUT2D eigenvalue weighted by Gasteiger charge is -2.14. The SMILES string of the molecule is CO.CO.C[N+](C)(C)C.[F-]. The van der Waals surface area contributed by atoms with Crippen LogP contribution in [0.1, 0.15) is 0 Å². The summed E-state index contributed by atoms with van der Waals surface area (Å²) < 4.78 is 1.00. The van der Waals surface area contributed by atoms with Crippen molar-refractivity contribution in [3.63, 3.8) is 0 Å². The van der Waals surface area contributed by atoms with Crippen molar-refractivity contribution < 1.29 is 19.4 Å². The summed E-state index contributed by atoms with van der Waals surface area (Å²) in [7, 11) is 10.5. The van der Waals surface area contributed by atoms with Crippen LogP contribution in [0.4, 0.5) is 0 Å². The zero-order valence-electron chi connectivity index (χ0n) is 7.72. The van der Waals surface area contributed by atoms with Gasteiger partial charge in [0.05, 0.1) is 28.2 Å². The maximum atomic E-state index is 7.00. The van der Waals surface area contributed by atoms with Crippen LogP contribution in [0.5, 0.6) is 0 Å². The molecular formula is C6H20FNO2. The van der Waals surface area contributed by atoms with E-state index in [1.165, 1.54) is 0 Å². The summed E-state index contributed by atoms with van der Waals surface area (Å²) in [6.45, 7) is 0. The van der Waals surface area contributed by atoms with Crippen molar-refractivity contribution in [2.45, 2.75) is 0 Å². The Morgan fingerprint density at radius 3 is 0.700 bits per heavy atom. The summed E-state index contributed by atoms with van der Waals surface area (Å²) in [6.07, 6.45) is 0. The van der Waals surface area contributed by atoms with Crippen LogP contribution in [0.15, 0.2) is 0 Å². The third kappa shape index (κ3) is 10000. The molecule has 0 aliphatic carbocycles. The minimum Gasteiger partial charge on any atom is -1.00 e. The van der Waals surface area contributed by atoms with Gasteiger partial charge in [0.2, 0.25) is 0 Å². The second-order valence-electron chi connectivity index (χ2n) is 2.68. The van der Waals surface area contributed by atoms with Gasteiger partial charge in [-0.3, -0.25) is 0 Å². The third-order valence-electron chi connectivity index (χ3n) is 0. The van der Waals surface area contributed by atoms with Gasteiger partial charge in [-0.05, 0) is 0 Å². The molecule has 4 heteroatoms. The number of hydrogen-bond acceptors (Lipinski definition) is 2. The lowest BCUT2D eigenvalue weighted by molar-refractivity contribution is -0.849. The highest BCUT2D eigenvalue weighted by Gasteiger charge is 1.88. The summed E-state index contributed by atoms with van der Waals surface area (Å²) in [5.74, 6) is 0. The minimum atomic E-state index is 0. The second-order valence-corrected chi connectivity index (χ2v) is 2.68. The molecule has 0 rings (SSSR count). The number of halogens is 1. The van der Waals surface area contributed by atoms with Crippen molar-refractivity contribution in [2.75, 3.05) is 42.4 Å². The fourth-order valence-corrected chi connectivity index (χ4v) is 0. The molecule has 0 aromatic heterocycles. The van der Waals surface area contributed by atoms with Gasteiger partial charge in [0.15, 0.2) is 0 Å². The summed E-state index contributed by atoms with van der Waals surface area (Å²) in [6, 6.07) is 0.